The summed E-state index contributed by atoms with van der Waals surface area (Å²) >= 11 is 0. The van der Waals surface area contributed by atoms with Crippen molar-refractivity contribution in [3.05, 3.63) is 59.7 Å². The zero-order chi connectivity index (χ0) is 23.2. The number of ether oxygens (including phenoxy) is 1. The van der Waals surface area contributed by atoms with Crippen molar-refractivity contribution in [2.75, 3.05) is 38.0 Å². The van der Waals surface area contributed by atoms with E-state index in [0.717, 1.165) is 48.6 Å². The van der Waals surface area contributed by atoms with E-state index in [-0.39, 0.29) is 5.97 Å². The van der Waals surface area contributed by atoms with Crippen LogP contribution in [-0.4, -0.2) is 49.7 Å². The lowest BCUT2D eigenvalue weighted by Crippen LogP contribution is -2.31. The van der Waals surface area contributed by atoms with Crippen molar-refractivity contribution in [3.8, 4) is 0 Å². The first kappa shape index (κ1) is 23.0. The Balaban J connectivity index is 1.25. The van der Waals surface area contributed by atoms with Crippen molar-refractivity contribution >= 4 is 28.6 Å². The van der Waals surface area contributed by atoms with Crippen LogP contribution in [0.3, 0.4) is 0 Å². The first-order chi connectivity index (χ1) is 16.0. The maximum Gasteiger partial charge on any atom is 0.337 e. The Bertz CT molecular complexity index is 1080. The van der Waals surface area contributed by atoms with Gasteiger partial charge in [0.25, 0.3) is 0 Å². The van der Waals surface area contributed by atoms with Gasteiger partial charge in [0.1, 0.15) is 5.82 Å². The number of nitrogens with one attached hydrogen (secondary N) is 2. The van der Waals surface area contributed by atoms with Crippen LogP contribution in [0.4, 0.5) is 11.8 Å². The molecule has 0 aliphatic heterocycles. The van der Waals surface area contributed by atoms with Crippen LogP contribution in [0.2, 0.25) is 0 Å². The number of para-hydroxylation sites is 1. The average Bonchev–Trinajstić information content (AvgIpc) is 2.84. The van der Waals surface area contributed by atoms with E-state index in [4.69, 9.17) is 14.7 Å². The predicted molar refractivity (Wildman–Crippen MR) is 133 cm³/mol. The molecule has 0 atom stereocenters. The minimum absolute atomic E-state index is 0.299. The number of benzene rings is 2. The average molecular weight is 448 g/mol. The minimum Gasteiger partial charge on any atom is -0.465 e. The third-order valence-electron chi connectivity index (χ3n) is 6.32. The van der Waals surface area contributed by atoms with Gasteiger partial charge in [0.2, 0.25) is 5.95 Å². The van der Waals surface area contributed by atoms with E-state index < -0.39 is 0 Å². The summed E-state index contributed by atoms with van der Waals surface area (Å²) in [6.45, 7) is 1.81. The van der Waals surface area contributed by atoms with Gasteiger partial charge in [-0.25, -0.2) is 9.78 Å². The summed E-state index contributed by atoms with van der Waals surface area (Å²) in [5, 5.41) is 8.23. The summed E-state index contributed by atoms with van der Waals surface area (Å²) in [6, 6.07) is 16.1. The minimum atomic E-state index is -0.299. The number of methoxy groups -OCH3 is 1. The highest BCUT2D eigenvalue weighted by Gasteiger charge is 2.22. The van der Waals surface area contributed by atoms with Crippen LogP contribution in [0.25, 0.3) is 10.9 Å². The second-order valence-electron chi connectivity index (χ2n) is 8.96. The SMILES string of the molecule is COC(=O)c1ccc(CNCC2CCC(Nc3nc(N(C)C)c4ccccc4n3)CC2)cc1. The number of rotatable bonds is 8. The summed E-state index contributed by atoms with van der Waals surface area (Å²) in [4.78, 5) is 23.1. The smallest absolute Gasteiger partial charge is 0.337 e. The quantitative estimate of drug-likeness (QED) is 0.500. The Morgan fingerprint density at radius 1 is 1.03 bits per heavy atom. The van der Waals surface area contributed by atoms with Crippen LogP contribution >= 0.6 is 0 Å². The van der Waals surface area contributed by atoms with Crippen LogP contribution in [-0.2, 0) is 11.3 Å². The van der Waals surface area contributed by atoms with Crippen LogP contribution in [0.5, 0.6) is 0 Å². The van der Waals surface area contributed by atoms with Gasteiger partial charge in [-0.05, 0) is 68.0 Å². The molecule has 33 heavy (non-hydrogen) atoms. The van der Waals surface area contributed by atoms with Crippen LogP contribution in [0.1, 0.15) is 41.6 Å². The van der Waals surface area contributed by atoms with Crippen molar-refractivity contribution in [3.63, 3.8) is 0 Å². The fourth-order valence-electron chi connectivity index (χ4n) is 4.46. The molecule has 4 rings (SSSR count). The van der Waals surface area contributed by atoms with Gasteiger partial charge in [-0.3, -0.25) is 0 Å². The van der Waals surface area contributed by atoms with Crippen molar-refractivity contribution in [1.29, 1.82) is 0 Å². The van der Waals surface area contributed by atoms with E-state index in [1.807, 2.05) is 61.5 Å². The molecule has 2 N–H and O–H groups in total. The Morgan fingerprint density at radius 2 is 1.76 bits per heavy atom. The molecule has 1 aliphatic rings. The van der Waals surface area contributed by atoms with Crippen molar-refractivity contribution in [2.24, 2.45) is 5.92 Å². The van der Waals surface area contributed by atoms with E-state index in [1.54, 1.807) is 0 Å². The normalized spacial score (nSPS) is 18.2. The zero-order valence-corrected chi connectivity index (χ0v) is 19.7. The zero-order valence-electron chi connectivity index (χ0n) is 19.7. The number of esters is 1. The number of aromatic nitrogens is 2. The van der Waals surface area contributed by atoms with Crippen molar-refractivity contribution < 1.29 is 9.53 Å². The molecule has 7 nitrogen and oxygen atoms in total. The number of anilines is 2. The van der Waals surface area contributed by atoms with Gasteiger partial charge in [0, 0.05) is 32.1 Å². The predicted octanol–water partition coefficient (Wildman–Crippen LogP) is 4.24. The van der Waals surface area contributed by atoms with Gasteiger partial charge >= 0.3 is 5.97 Å². The summed E-state index contributed by atoms with van der Waals surface area (Å²) in [5.74, 6) is 2.04. The molecule has 0 bridgehead atoms. The fourth-order valence-corrected chi connectivity index (χ4v) is 4.46. The number of carbonyl (C=O) groups excluding carboxylic acids is 1. The number of hydrogen-bond acceptors (Lipinski definition) is 7. The maximum atomic E-state index is 11.5. The highest BCUT2D eigenvalue weighted by Crippen LogP contribution is 2.28. The third-order valence-corrected chi connectivity index (χ3v) is 6.32. The van der Waals surface area contributed by atoms with E-state index in [0.29, 0.717) is 17.5 Å². The van der Waals surface area contributed by atoms with Crippen LogP contribution in [0, 0.1) is 5.92 Å². The van der Waals surface area contributed by atoms with E-state index in [9.17, 15) is 4.79 Å². The van der Waals surface area contributed by atoms with E-state index >= 15 is 0 Å². The van der Waals surface area contributed by atoms with Crippen molar-refractivity contribution in [1.82, 2.24) is 15.3 Å². The van der Waals surface area contributed by atoms with Crippen LogP contribution < -0.4 is 15.5 Å². The molecule has 1 fully saturated rings. The molecule has 0 unspecified atom stereocenters. The molecule has 1 heterocycles. The van der Waals surface area contributed by atoms with Gasteiger partial charge in [0.15, 0.2) is 0 Å². The van der Waals surface area contributed by atoms with Gasteiger partial charge in [-0.1, -0.05) is 24.3 Å². The summed E-state index contributed by atoms with van der Waals surface area (Å²) < 4.78 is 4.75. The molecule has 1 aliphatic carbocycles. The Labute approximate surface area is 195 Å². The molecule has 7 heteroatoms. The fraction of sp³-hybridized carbons (Fsp3) is 0.423. The topological polar surface area (TPSA) is 79.4 Å². The third kappa shape index (κ3) is 5.79. The molecule has 0 radical (unpaired) electrons. The summed E-state index contributed by atoms with van der Waals surface area (Å²) in [5.41, 5.74) is 2.72. The second kappa shape index (κ2) is 10.6. The van der Waals surface area contributed by atoms with Crippen molar-refractivity contribution in [2.45, 2.75) is 38.3 Å². The highest BCUT2D eigenvalue weighted by atomic mass is 16.5. The molecule has 0 saturated heterocycles. The Hall–Kier alpha value is -3.19. The number of fused-ring (bicyclic) bond motifs is 1. The monoisotopic (exact) mass is 447 g/mol. The second-order valence-corrected chi connectivity index (χ2v) is 8.96. The van der Waals surface area contributed by atoms with Gasteiger partial charge in [-0.2, -0.15) is 4.98 Å². The molecule has 1 saturated carbocycles. The number of carbonyl (C=O) groups is 1. The first-order valence-corrected chi connectivity index (χ1v) is 11.6. The Kier molecular flexibility index (Phi) is 7.40. The molecule has 0 amide bonds. The lowest BCUT2D eigenvalue weighted by atomic mass is 9.86. The van der Waals surface area contributed by atoms with Gasteiger partial charge in [-0.15, -0.1) is 0 Å². The summed E-state index contributed by atoms with van der Waals surface area (Å²) in [6.07, 6.45) is 4.60. The maximum absolute atomic E-state index is 11.5. The largest absolute Gasteiger partial charge is 0.465 e. The van der Waals surface area contributed by atoms with Gasteiger partial charge < -0.3 is 20.3 Å². The molecule has 2 aromatic carbocycles. The van der Waals surface area contributed by atoms with Crippen LogP contribution in [0.15, 0.2) is 48.5 Å². The number of hydrogen-bond donors (Lipinski definition) is 2. The molecule has 3 aromatic rings. The lowest BCUT2D eigenvalue weighted by molar-refractivity contribution is 0.0600. The molecular formula is C26H33N5O2. The van der Waals surface area contributed by atoms with Gasteiger partial charge in [0.05, 0.1) is 18.2 Å². The first-order valence-electron chi connectivity index (χ1n) is 11.6. The Morgan fingerprint density at radius 3 is 2.45 bits per heavy atom. The number of nitrogens with zero attached hydrogens (tertiary/aromatic N) is 3. The summed E-state index contributed by atoms with van der Waals surface area (Å²) in [7, 11) is 5.44. The highest BCUT2D eigenvalue weighted by molar-refractivity contribution is 5.90. The van der Waals surface area contributed by atoms with E-state index in [2.05, 4.69) is 16.7 Å². The molecule has 0 spiro atoms. The molecule has 174 valence electrons. The lowest BCUT2D eigenvalue weighted by Gasteiger charge is -2.29. The van der Waals surface area contributed by atoms with E-state index in [1.165, 1.54) is 25.5 Å². The molecule has 1 aromatic heterocycles. The standard InChI is InChI=1S/C26H33N5O2/c1-31(2)24-22-6-4-5-7-23(22)29-26(30-24)28-21-14-10-19(11-15-21)17-27-16-18-8-12-20(13-9-18)25(32)33-3/h4-9,12-13,19,21,27H,10-11,14-17H2,1-3H3,(H,28,29,30). The molecular weight excluding hydrogens is 414 g/mol.